The molecule has 5 nitrogen and oxygen atoms in total. The van der Waals surface area contributed by atoms with Gasteiger partial charge in [-0.3, -0.25) is 4.79 Å². The van der Waals surface area contributed by atoms with Crippen molar-refractivity contribution in [3.63, 3.8) is 0 Å². The van der Waals surface area contributed by atoms with Gasteiger partial charge in [-0.2, -0.15) is 0 Å². The molecule has 0 aliphatic heterocycles. The molecule has 1 aliphatic rings. The molecular formula is C8H12O5. The molecule has 0 aromatic heterocycles. The van der Waals surface area contributed by atoms with Crippen molar-refractivity contribution >= 4 is 12.1 Å². The molecule has 0 heterocycles. The van der Waals surface area contributed by atoms with Crippen LogP contribution in [-0.2, 0) is 19.0 Å². The Balaban J connectivity index is 2.00. The van der Waals surface area contributed by atoms with Gasteiger partial charge in [0.15, 0.2) is 0 Å². The third-order valence-corrected chi connectivity index (χ3v) is 1.75. The van der Waals surface area contributed by atoms with Crippen LogP contribution in [0.1, 0.15) is 26.2 Å². The highest BCUT2D eigenvalue weighted by Crippen LogP contribution is 2.22. The van der Waals surface area contributed by atoms with Crippen molar-refractivity contribution in [2.75, 3.05) is 6.79 Å². The average Bonchev–Trinajstić information content (AvgIpc) is 1.96. The number of carbonyl (C=O) groups excluding carboxylic acids is 2. The molecule has 1 aliphatic carbocycles. The Morgan fingerprint density at radius 3 is 2.46 bits per heavy atom. The van der Waals surface area contributed by atoms with E-state index in [1.54, 1.807) is 0 Å². The van der Waals surface area contributed by atoms with Gasteiger partial charge in [-0.15, -0.1) is 0 Å². The van der Waals surface area contributed by atoms with Crippen LogP contribution in [0.3, 0.4) is 0 Å². The van der Waals surface area contributed by atoms with E-state index in [4.69, 9.17) is 4.74 Å². The lowest BCUT2D eigenvalue weighted by Crippen LogP contribution is -2.26. The first-order valence-corrected chi connectivity index (χ1v) is 4.15. The van der Waals surface area contributed by atoms with Crippen LogP contribution in [0.25, 0.3) is 0 Å². The van der Waals surface area contributed by atoms with Gasteiger partial charge in [0.05, 0.1) is 0 Å². The van der Waals surface area contributed by atoms with Gasteiger partial charge in [0.25, 0.3) is 0 Å². The summed E-state index contributed by atoms with van der Waals surface area (Å²) in [7, 11) is 0. The standard InChI is InChI=1S/C8H12O5/c1-6(9)11-5-12-8(10)13-7-3-2-4-7/h7H,2-5H2,1H3. The number of hydrogen-bond acceptors (Lipinski definition) is 5. The Bertz CT molecular complexity index is 197. The summed E-state index contributed by atoms with van der Waals surface area (Å²) >= 11 is 0. The van der Waals surface area contributed by atoms with Crippen molar-refractivity contribution in [2.24, 2.45) is 0 Å². The molecule has 5 heteroatoms. The minimum absolute atomic E-state index is 0.00942. The van der Waals surface area contributed by atoms with E-state index in [0.29, 0.717) is 0 Å². The number of rotatable bonds is 3. The molecule has 0 bridgehead atoms. The summed E-state index contributed by atoms with van der Waals surface area (Å²) in [5, 5.41) is 0. The molecule has 0 aromatic rings. The molecule has 13 heavy (non-hydrogen) atoms. The fourth-order valence-electron chi connectivity index (χ4n) is 0.819. The van der Waals surface area contributed by atoms with E-state index in [9.17, 15) is 9.59 Å². The predicted molar refractivity (Wildman–Crippen MR) is 41.8 cm³/mol. The van der Waals surface area contributed by atoms with E-state index < -0.39 is 12.1 Å². The van der Waals surface area contributed by atoms with Crippen molar-refractivity contribution in [2.45, 2.75) is 32.3 Å². The SMILES string of the molecule is CC(=O)OCOC(=O)OC1CCC1. The molecule has 0 amide bonds. The minimum Gasteiger partial charge on any atom is -0.431 e. The second-order valence-electron chi connectivity index (χ2n) is 2.82. The number of esters is 1. The van der Waals surface area contributed by atoms with E-state index in [1.807, 2.05) is 0 Å². The smallest absolute Gasteiger partial charge is 0.431 e. The lowest BCUT2D eigenvalue weighted by atomic mass is 9.96. The van der Waals surface area contributed by atoms with Crippen LogP contribution in [0.2, 0.25) is 0 Å². The maximum Gasteiger partial charge on any atom is 0.511 e. The van der Waals surface area contributed by atoms with Crippen molar-refractivity contribution in [1.82, 2.24) is 0 Å². The summed E-state index contributed by atoms with van der Waals surface area (Å²) in [4.78, 5) is 21.1. The molecule has 0 spiro atoms. The molecule has 0 unspecified atom stereocenters. The van der Waals surface area contributed by atoms with E-state index >= 15 is 0 Å². The van der Waals surface area contributed by atoms with Crippen molar-refractivity contribution in [3.8, 4) is 0 Å². The maximum absolute atomic E-state index is 10.8. The summed E-state index contributed by atoms with van der Waals surface area (Å²) in [5.41, 5.74) is 0. The molecular weight excluding hydrogens is 176 g/mol. The molecule has 1 fully saturated rings. The Hall–Kier alpha value is -1.26. The topological polar surface area (TPSA) is 61.8 Å². The minimum atomic E-state index is -0.772. The van der Waals surface area contributed by atoms with Crippen LogP contribution in [0.5, 0.6) is 0 Å². The number of hydrogen-bond donors (Lipinski definition) is 0. The Morgan fingerprint density at radius 2 is 2.00 bits per heavy atom. The number of ether oxygens (including phenoxy) is 3. The van der Waals surface area contributed by atoms with E-state index in [2.05, 4.69) is 9.47 Å². The van der Waals surface area contributed by atoms with Crippen LogP contribution in [0.4, 0.5) is 4.79 Å². The van der Waals surface area contributed by atoms with Crippen LogP contribution < -0.4 is 0 Å². The quantitative estimate of drug-likeness (QED) is 0.492. The summed E-state index contributed by atoms with van der Waals surface area (Å²) < 4.78 is 13.7. The summed E-state index contributed by atoms with van der Waals surface area (Å²) in [6.07, 6.45) is 2.09. The third kappa shape index (κ3) is 3.78. The highest BCUT2D eigenvalue weighted by atomic mass is 16.8. The normalized spacial score (nSPS) is 15.8. The van der Waals surface area contributed by atoms with Crippen LogP contribution in [0, 0.1) is 0 Å². The zero-order valence-electron chi connectivity index (χ0n) is 7.45. The van der Waals surface area contributed by atoms with Gasteiger partial charge in [0.1, 0.15) is 6.10 Å². The fourth-order valence-corrected chi connectivity index (χ4v) is 0.819. The third-order valence-electron chi connectivity index (χ3n) is 1.75. The first kappa shape index (κ1) is 9.83. The van der Waals surface area contributed by atoms with Gasteiger partial charge in [-0.05, 0) is 19.3 Å². The maximum atomic E-state index is 10.8. The molecule has 0 radical (unpaired) electrons. The largest absolute Gasteiger partial charge is 0.511 e. The monoisotopic (exact) mass is 188 g/mol. The highest BCUT2D eigenvalue weighted by molar-refractivity contribution is 5.66. The van der Waals surface area contributed by atoms with Crippen molar-refractivity contribution < 1.29 is 23.8 Å². The van der Waals surface area contributed by atoms with Crippen molar-refractivity contribution in [3.05, 3.63) is 0 Å². The first-order chi connectivity index (χ1) is 6.18. The zero-order chi connectivity index (χ0) is 9.68. The predicted octanol–water partition coefficient (Wildman–Crippen LogP) is 1.21. The Labute approximate surface area is 76.0 Å². The van der Waals surface area contributed by atoms with Crippen LogP contribution in [0.15, 0.2) is 0 Å². The van der Waals surface area contributed by atoms with Crippen LogP contribution >= 0.6 is 0 Å². The highest BCUT2D eigenvalue weighted by Gasteiger charge is 2.22. The molecule has 0 aromatic carbocycles. The lowest BCUT2D eigenvalue weighted by Gasteiger charge is -2.24. The van der Waals surface area contributed by atoms with Gasteiger partial charge in [0.2, 0.25) is 6.79 Å². The fraction of sp³-hybridized carbons (Fsp3) is 0.750. The summed E-state index contributed by atoms with van der Waals surface area (Å²) in [6.45, 7) is 0.863. The Morgan fingerprint density at radius 1 is 1.31 bits per heavy atom. The van der Waals surface area contributed by atoms with E-state index in [0.717, 1.165) is 19.3 Å². The summed E-state index contributed by atoms with van der Waals surface area (Å²) in [6, 6.07) is 0. The zero-order valence-corrected chi connectivity index (χ0v) is 7.45. The van der Waals surface area contributed by atoms with Gasteiger partial charge < -0.3 is 14.2 Å². The van der Waals surface area contributed by atoms with E-state index in [-0.39, 0.29) is 12.9 Å². The van der Waals surface area contributed by atoms with Gasteiger partial charge in [-0.25, -0.2) is 4.79 Å². The molecule has 0 saturated heterocycles. The lowest BCUT2D eigenvalue weighted by molar-refractivity contribution is -0.151. The van der Waals surface area contributed by atoms with Gasteiger partial charge >= 0.3 is 12.1 Å². The van der Waals surface area contributed by atoms with Gasteiger partial charge in [-0.1, -0.05) is 0 Å². The molecule has 0 atom stereocenters. The van der Waals surface area contributed by atoms with E-state index in [1.165, 1.54) is 6.92 Å². The second-order valence-corrected chi connectivity index (χ2v) is 2.82. The molecule has 74 valence electrons. The first-order valence-electron chi connectivity index (χ1n) is 4.15. The molecule has 0 N–H and O–H groups in total. The molecule has 1 saturated carbocycles. The second kappa shape index (κ2) is 4.69. The molecule has 1 rings (SSSR count). The number of carbonyl (C=O) groups is 2. The van der Waals surface area contributed by atoms with Crippen LogP contribution in [-0.4, -0.2) is 25.0 Å². The Kier molecular flexibility index (Phi) is 3.54. The van der Waals surface area contributed by atoms with Crippen molar-refractivity contribution in [1.29, 1.82) is 0 Å². The average molecular weight is 188 g/mol. The summed E-state index contributed by atoms with van der Waals surface area (Å²) in [5.74, 6) is -0.489. The van der Waals surface area contributed by atoms with Gasteiger partial charge in [0, 0.05) is 6.92 Å².